The second-order valence-corrected chi connectivity index (χ2v) is 3.49. The van der Waals surface area contributed by atoms with E-state index in [1.807, 2.05) is 24.5 Å². The van der Waals surface area contributed by atoms with Crippen molar-refractivity contribution in [3.8, 4) is 0 Å². The number of rotatable bonds is 3. The minimum atomic E-state index is -0.813. The molecule has 0 fully saturated rings. The highest BCUT2D eigenvalue weighted by molar-refractivity contribution is 7.98. The Labute approximate surface area is 81.4 Å². The Hall–Kier alpha value is -1.03. The van der Waals surface area contributed by atoms with Crippen LogP contribution in [0.1, 0.15) is 13.0 Å². The zero-order chi connectivity index (χ0) is 9.84. The molecule has 3 nitrogen and oxygen atoms in total. The van der Waals surface area contributed by atoms with Gasteiger partial charge < -0.3 is 5.11 Å². The first kappa shape index (κ1) is 10.1. The van der Waals surface area contributed by atoms with Crippen molar-refractivity contribution in [3.05, 3.63) is 24.4 Å². The quantitative estimate of drug-likeness (QED) is 0.588. The lowest BCUT2D eigenvalue weighted by Crippen LogP contribution is -2.43. The number of aliphatic carboxylic acids is 1. The lowest BCUT2D eigenvalue weighted by molar-refractivity contribution is -0.742. The maximum Gasteiger partial charge on any atom is 0.373 e. The van der Waals surface area contributed by atoms with E-state index in [0.29, 0.717) is 0 Å². The van der Waals surface area contributed by atoms with E-state index < -0.39 is 12.0 Å². The molecule has 0 aliphatic rings. The van der Waals surface area contributed by atoms with Crippen LogP contribution >= 0.6 is 11.8 Å². The fraction of sp³-hybridized carbons (Fsp3) is 0.333. The Bertz CT molecular complexity index is 314. The lowest BCUT2D eigenvalue weighted by atomic mass is 10.3. The van der Waals surface area contributed by atoms with Crippen molar-refractivity contribution in [2.45, 2.75) is 18.0 Å². The van der Waals surface area contributed by atoms with E-state index in [4.69, 9.17) is 5.11 Å². The van der Waals surface area contributed by atoms with Gasteiger partial charge in [0.1, 0.15) is 0 Å². The first-order chi connectivity index (χ1) is 6.16. The van der Waals surface area contributed by atoms with Crippen LogP contribution in [0.4, 0.5) is 0 Å². The van der Waals surface area contributed by atoms with Gasteiger partial charge in [0.25, 0.3) is 6.04 Å². The summed E-state index contributed by atoms with van der Waals surface area (Å²) < 4.78 is 1.74. The highest BCUT2D eigenvalue weighted by Gasteiger charge is 2.23. The third kappa shape index (κ3) is 2.21. The van der Waals surface area contributed by atoms with Crippen molar-refractivity contribution in [3.63, 3.8) is 0 Å². The number of aromatic nitrogens is 1. The van der Waals surface area contributed by atoms with Crippen molar-refractivity contribution in [2.24, 2.45) is 0 Å². The Morgan fingerprint density at radius 1 is 1.62 bits per heavy atom. The van der Waals surface area contributed by atoms with Crippen molar-refractivity contribution in [2.75, 3.05) is 6.26 Å². The maximum absolute atomic E-state index is 10.7. The van der Waals surface area contributed by atoms with Crippen molar-refractivity contribution >= 4 is 17.7 Å². The first-order valence-electron chi connectivity index (χ1n) is 3.93. The molecule has 0 bridgehead atoms. The fourth-order valence-electron chi connectivity index (χ4n) is 1.05. The van der Waals surface area contributed by atoms with Crippen LogP contribution < -0.4 is 4.57 Å². The molecule has 0 aliphatic heterocycles. The molecule has 0 saturated heterocycles. The maximum atomic E-state index is 10.7. The summed E-state index contributed by atoms with van der Waals surface area (Å²) in [5, 5.41) is 9.78. The smallest absolute Gasteiger partial charge is 0.373 e. The molecule has 1 aromatic heterocycles. The van der Waals surface area contributed by atoms with Gasteiger partial charge in [-0.05, 0) is 12.3 Å². The third-order valence-corrected chi connectivity index (χ3v) is 2.60. The number of carboxylic acids is 1. The second kappa shape index (κ2) is 4.28. The number of thioether (sulfide) groups is 1. The van der Waals surface area contributed by atoms with Crippen LogP contribution in [0.25, 0.3) is 0 Å². The number of pyridine rings is 1. The average Bonchev–Trinajstić information content (AvgIpc) is 2.16. The van der Waals surface area contributed by atoms with E-state index in [9.17, 15) is 4.79 Å². The van der Waals surface area contributed by atoms with Crippen molar-refractivity contribution < 1.29 is 14.5 Å². The topological polar surface area (TPSA) is 41.2 Å². The van der Waals surface area contributed by atoms with Crippen LogP contribution in [0.3, 0.4) is 0 Å². The Morgan fingerprint density at radius 3 is 2.85 bits per heavy atom. The van der Waals surface area contributed by atoms with Gasteiger partial charge in [0.05, 0.1) is 0 Å². The Balaban J connectivity index is 3.05. The van der Waals surface area contributed by atoms with Crippen LogP contribution in [0, 0.1) is 0 Å². The van der Waals surface area contributed by atoms with Gasteiger partial charge in [0.15, 0.2) is 6.20 Å². The van der Waals surface area contributed by atoms with Gasteiger partial charge in [-0.15, -0.1) is 0 Å². The summed E-state index contributed by atoms with van der Waals surface area (Å²) in [5.41, 5.74) is 0. The number of nitrogens with zero attached hydrogens (tertiary/aromatic N) is 1. The van der Waals surface area contributed by atoms with E-state index in [0.717, 1.165) is 5.03 Å². The number of hydrogen-bond donors (Lipinski definition) is 1. The lowest BCUT2D eigenvalue weighted by Gasteiger charge is -2.04. The standard InChI is InChI=1S/C9H11NO2S/c1-7(9(11)12)10-6-4-3-5-8(10)13-2/h3-7H,1-2H3/p+1. The summed E-state index contributed by atoms with van der Waals surface area (Å²) in [6.45, 7) is 1.67. The molecule has 4 heteroatoms. The zero-order valence-electron chi connectivity index (χ0n) is 7.60. The molecule has 1 atom stereocenters. The van der Waals surface area contributed by atoms with Crippen LogP contribution in [0.2, 0.25) is 0 Å². The second-order valence-electron chi connectivity index (χ2n) is 2.66. The summed E-state index contributed by atoms with van der Waals surface area (Å²) in [6, 6.07) is 5.13. The SMILES string of the molecule is CSc1cccc[n+]1C(C)C(=O)O. The normalized spacial score (nSPS) is 12.5. The molecule has 0 radical (unpaired) electrons. The third-order valence-electron chi connectivity index (χ3n) is 1.83. The highest BCUT2D eigenvalue weighted by Crippen LogP contribution is 2.10. The molecule has 0 aromatic carbocycles. The number of carboxylic acid groups (broad SMARTS) is 1. The van der Waals surface area contributed by atoms with Gasteiger partial charge in [0.2, 0.25) is 5.03 Å². The van der Waals surface area contributed by atoms with Crippen LogP contribution in [0.5, 0.6) is 0 Å². The van der Waals surface area contributed by atoms with Gasteiger partial charge in [-0.3, -0.25) is 0 Å². The van der Waals surface area contributed by atoms with E-state index in [2.05, 4.69) is 0 Å². The summed E-state index contributed by atoms with van der Waals surface area (Å²) >= 11 is 1.54. The molecule has 0 spiro atoms. The van der Waals surface area contributed by atoms with Crippen LogP contribution in [-0.4, -0.2) is 17.3 Å². The van der Waals surface area contributed by atoms with Gasteiger partial charge >= 0.3 is 5.97 Å². The Morgan fingerprint density at radius 2 is 2.31 bits per heavy atom. The molecule has 0 amide bonds. The largest absolute Gasteiger partial charge is 0.476 e. The summed E-state index contributed by atoms with van der Waals surface area (Å²) in [6.07, 6.45) is 3.71. The fourth-order valence-corrected chi connectivity index (χ4v) is 1.70. The minimum absolute atomic E-state index is 0.511. The average molecular weight is 198 g/mol. The number of carbonyl (C=O) groups is 1. The van der Waals surface area contributed by atoms with Gasteiger partial charge in [-0.1, -0.05) is 11.8 Å². The predicted octanol–water partition coefficient (Wildman–Crippen LogP) is 1.34. The van der Waals surface area contributed by atoms with Gasteiger partial charge in [0, 0.05) is 19.1 Å². The molecule has 0 saturated carbocycles. The van der Waals surface area contributed by atoms with Crippen LogP contribution in [0.15, 0.2) is 29.4 Å². The molecule has 1 N–H and O–H groups in total. The predicted molar refractivity (Wildman–Crippen MR) is 50.8 cm³/mol. The molecule has 13 heavy (non-hydrogen) atoms. The summed E-state index contributed by atoms with van der Waals surface area (Å²) in [4.78, 5) is 10.7. The number of hydrogen-bond acceptors (Lipinski definition) is 2. The molecule has 70 valence electrons. The van der Waals surface area contributed by atoms with E-state index in [1.54, 1.807) is 29.4 Å². The molecule has 0 aliphatic carbocycles. The van der Waals surface area contributed by atoms with E-state index in [-0.39, 0.29) is 0 Å². The van der Waals surface area contributed by atoms with Gasteiger partial charge in [-0.2, -0.15) is 4.57 Å². The molecular formula is C9H12NO2S+. The van der Waals surface area contributed by atoms with Crippen molar-refractivity contribution in [1.82, 2.24) is 0 Å². The molecule has 1 heterocycles. The molecule has 1 aromatic rings. The van der Waals surface area contributed by atoms with Crippen molar-refractivity contribution in [1.29, 1.82) is 0 Å². The highest BCUT2D eigenvalue weighted by atomic mass is 32.2. The monoisotopic (exact) mass is 198 g/mol. The molecule has 1 unspecified atom stereocenters. The minimum Gasteiger partial charge on any atom is -0.476 e. The van der Waals surface area contributed by atoms with Gasteiger partial charge in [-0.25, -0.2) is 4.79 Å². The Kier molecular flexibility index (Phi) is 3.31. The van der Waals surface area contributed by atoms with Crippen LogP contribution in [-0.2, 0) is 4.79 Å². The summed E-state index contributed by atoms with van der Waals surface area (Å²) in [7, 11) is 0. The first-order valence-corrected chi connectivity index (χ1v) is 5.16. The van der Waals surface area contributed by atoms with E-state index >= 15 is 0 Å². The van der Waals surface area contributed by atoms with E-state index in [1.165, 1.54) is 0 Å². The summed E-state index contributed by atoms with van der Waals surface area (Å²) in [5.74, 6) is -0.813. The zero-order valence-corrected chi connectivity index (χ0v) is 8.41. The molecular weight excluding hydrogens is 186 g/mol. The molecule has 1 rings (SSSR count).